The van der Waals surface area contributed by atoms with Crippen LogP contribution >= 0.6 is 0 Å². The summed E-state index contributed by atoms with van der Waals surface area (Å²) in [7, 11) is -2.10. The van der Waals surface area contributed by atoms with Gasteiger partial charge < -0.3 is 10.2 Å². The van der Waals surface area contributed by atoms with Crippen LogP contribution in [0.25, 0.3) is 11.1 Å². The largest absolute Gasteiger partial charge is 0.419 e. The molecule has 0 saturated heterocycles. The Kier molecular flexibility index (Phi) is 4.31. The molecule has 0 spiro atoms. The molecule has 0 bridgehead atoms. The SMILES string of the molecule is Cn1c(=O)oc2cc(S(=O)(=O)NC3CCCCC3CN)ccc21. The van der Waals surface area contributed by atoms with E-state index in [-0.39, 0.29) is 22.4 Å². The average molecular weight is 339 g/mol. The molecular weight excluding hydrogens is 318 g/mol. The van der Waals surface area contributed by atoms with Crippen molar-refractivity contribution in [3.63, 3.8) is 0 Å². The van der Waals surface area contributed by atoms with Gasteiger partial charge in [0.15, 0.2) is 5.58 Å². The summed E-state index contributed by atoms with van der Waals surface area (Å²) in [6.45, 7) is 0.472. The minimum atomic E-state index is -3.67. The molecule has 23 heavy (non-hydrogen) atoms. The zero-order chi connectivity index (χ0) is 16.6. The summed E-state index contributed by atoms with van der Waals surface area (Å²) in [6, 6.07) is 4.31. The quantitative estimate of drug-likeness (QED) is 0.861. The molecule has 1 saturated carbocycles. The number of aryl methyl sites for hydroxylation is 1. The Balaban J connectivity index is 1.91. The molecule has 0 aliphatic heterocycles. The van der Waals surface area contributed by atoms with Gasteiger partial charge in [0.25, 0.3) is 0 Å². The molecule has 126 valence electrons. The van der Waals surface area contributed by atoms with Crippen molar-refractivity contribution in [2.24, 2.45) is 18.7 Å². The highest BCUT2D eigenvalue weighted by Crippen LogP contribution is 2.26. The summed E-state index contributed by atoms with van der Waals surface area (Å²) >= 11 is 0. The standard InChI is InChI=1S/C15H21N3O4S/c1-18-13-7-6-11(8-14(13)22-15(18)19)23(20,21)17-12-5-3-2-4-10(12)9-16/h6-8,10,12,17H,2-5,9,16H2,1H3. The van der Waals surface area contributed by atoms with Crippen LogP contribution < -0.4 is 16.2 Å². The Hall–Kier alpha value is -1.64. The minimum absolute atomic E-state index is 0.0979. The number of nitrogens with zero attached hydrogens (tertiary/aromatic N) is 1. The molecule has 8 heteroatoms. The van der Waals surface area contributed by atoms with Gasteiger partial charge in [-0.1, -0.05) is 12.8 Å². The van der Waals surface area contributed by atoms with Gasteiger partial charge in [0.2, 0.25) is 10.0 Å². The molecule has 1 heterocycles. The molecule has 2 atom stereocenters. The third kappa shape index (κ3) is 3.06. The number of hydrogen-bond acceptors (Lipinski definition) is 5. The number of hydrogen-bond donors (Lipinski definition) is 2. The first-order valence-electron chi connectivity index (χ1n) is 7.74. The monoisotopic (exact) mass is 339 g/mol. The third-order valence-electron chi connectivity index (χ3n) is 4.59. The number of rotatable bonds is 4. The molecular formula is C15H21N3O4S. The van der Waals surface area contributed by atoms with Crippen LogP contribution in [0.2, 0.25) is 0 Å². The van der Waals surface area contributed by atoms with Crippen LogP contribution in [0.15, 0.2) is 32.3 Å². The van der Waals surface area contributed by atoms with Crippen molar-refractivity contribution in [1.29, 1.82) is 0 Å². The van der Waals surface area contributed by atoms with Crippen molar-refractivity contribution < 1.29 is 12.8 Å². The maximum absolute atomic E-state index is 12.6. The van der Waals surface area contributed by atoms with Crippen molar-refractivity contribution in [2.45, 2.75) is 36.6 Å². The van der Waals surface area contributed by atoms with E-state index in [1.165, 1.54) is 16.7 Å². The van der Waals surface area contributed by atoms with Gasteiger partial charge in [-0.2, -0.15) is 0 Å². The number of nitrogens with one attached hydrogen (secondary N) is 1. The van der Waals surface area contributed by atoms with E-state index in [1.807, 2.05) is 0 Å². The number of oxazole rings is 1. The van der Waals surface area contributed by atoms with Crippen molar-refractivity contribution in [2.75, 3.05) is 6.54 Å². The average Bonchev–Trinajstić information content (AvgIpc) is 2.82. The Labute approximate surface area is 134 Å². The molecule has 7 nitrogen and oxygen atoms in total. The summed E-state index contributed by atoms with van der Waals surface area (Å²) in [5.41, 5.74) is 6.58. The fraction of sp³-hybridized carbons (Fsp3) is 0.533. The number of sulfonamides is 1. The van der Waals surface area contributed by atoms with Crippen LogP contribution in [-0.2, 0) is 17.1 Å². The highest BCUT2D eigenvalue weighted by Gasteiger charge is 2.29. The highest BCUT2D eigenvalue weighted by atomic mass is 32.2. The number of nitrogens with two attached hydrogens (primary N) is 1. The molecule has 0 radical (unpaired) electrons. The smallest absolute Gasteiger partial charge is 0.408 e. The van der Waals surface area contributed by atoms with Gasteiger partial charge in [-0.25, -0.2) is 17.9 Å². The predicted octanol–water partition coefficient (Wildman–Crippen LogP) is 0.927. The van der Waals surface area contributed by atoms with E-state index >= 15 is 0 Å². The Bertz CT molecular complexity index is 868. The second-order valence-corrected chi connectivity index (χ2v) is 7.78. The topological polar surface area (TPSA) is 107 Å². The number of aromatic nitrogens is 1. The highest BCUT2D eigenvalue weighted by molar-refractivity contribution is 7.89. The Morgan fingerprint density at radius 2 is 2.09 bits per heavy atom. The molecule has 3 N–H and O–H groups in total. The fourth-order valence-electron chi connectivity index (χ4n) is 3.19. The van der Waals surface area contributed by atoms with Crippen LogP contribution in [0.5, 0.6) is 0 Å². The van der Waals surface area contributed by atoms with Gasteiger partial charge in [-0.15, -0.1) is 0 Å². The van der Waals surface area contributed by atoms with Crippen molar-refractivity contribution in [3.8, 4) is 0 Å². The normalized spacial score (nSPS) is 22.5. The molecule has 2 aromatic rings. The lowest BCUT2D eigenvalue weighted by Gasteiger charge is -2.31. The van der Waals surface area contributed by atoms with E-state index in [4.69, 9.17) is 10.2 Å². The Morgan fingerprint density at radius 3 is 2.83 bits per heavy atom. The minimum Gasteiger partial charge on any atom is -0.408 e. The van der Waals surface area contributed by atoms with Crippen LogP contribution in [0, 0.1) is 5.92 Å². The molecule has 1 aliphatic rings. The summed E-state index contributed by atoms with van der Waals surface area (Å²) in [5, 5.41) is 0. The zero-order valence-electron chi connectivity index (χ0n) is 13.0. The van der Waals surface area contributed by atoms with E-state index in [0.717, 1.165) is 25.7 Å². The predicted molar refractivity (Wildman–Crippen MR) is 86.6 cm³/mol. The van der Waals surface area contributed by atoms with Gasteiger partial charge in [-0.3, -0.25) is 4.57 Å². The second kappa shape index (κ2) is 6.10. The fourth-order valence-corrected chi connectivity index (χ4v) is 4.55. The molecule has 1 aromatic heterocycles. The van der Waals surface area contributed by atoms with E-state index < -0.39 is 15.8 Å². The molecule has 1 aliphatic carbocycles. The maximum Gasteiger partial charge on any atom is 0.419 e. The molecule has 1 aromatic carbocycles. The van der Waals surface area contributed by atoms with Crippen molar-refractivity contribution >= 4 is 21.1 Å². The molecule has 1 fully saturated rings. The summed E-state index contributed by atoms with van der Waals surface area (Å²) in [6.07, 6.45) is 3.82. The van der Waals surface area contributed by atoms with E-state index in [0.29, 0.717) is 12.1 Å². The van der Waals surface area contributed by atoms with Gasteiger partial charge in [-0.05, 0) is 37.4 Å². The maximum atomic E-state index is 12.6. The lowest BCUT2D eigenvalue weighted by Crippen LogP contribution is -2.44. The van der Waals surface area contributed by atoms with E-state index in [2.05, 4.69) is 4.72 Å². The number of benzene rings is 1. The van der Waals surface area contributed by atoms with Crippen LogP contribution in [-0.4, -0.2) is 25.6 Å². The van der Waals surface area contributed by atoms with E-state index in [9.17, 15) is 13.2 Å². The second-order valence-electron chi connectivity index (χ2n) is 6.06. The summed E-state index contributed by atoms with van der Waals surface area (Å²) < 4.78 is 34.4. The van der Waals surface area contributed by atoms with Crippen LogP contribution in [0.3, 0.4) is 0 Å². The van der Waals surface area contributed by atoms with Gasteiger partial charge >= 0.3 is 5.76 Å². The summed E-state index contributed by atoms with van der Waals surface area (Å²) in [5.74, 6) is -0.352. The van der Waals surface area contributed by atoms with Crippen molar-refractivity contribution in [1.82, 2.24) is 9.29 Å². The first-order chi connectivity index (χ1) is 10.9. The van der Waals surface area contributed by atoms with Crippen molar-refractivity contribution in [3.05, 3.63) is 28.7 Å². The van der Waals surface area contributed by atoms with E-state index in [1.54, 1.807) is 13.1 Å². The lowest BCUT2D eigenvalue weighted by atomic mass is 9.85. The van der Waals surface area contributed by atoms with Gasteiger partial charge in [0.05, 0.1) is 10.4 Å². The van der Waals surface area contributed by atoms with Gasteiger partial charge in [0.1, 0.15) is 0 Å². The number of fused-ring (bicyclic) bond motifs is 1. The molecule has 3 rings (SSSR count). The Morgan fingerprint density at radius 1 is 1.35 bits per heavy atom. The summed E-state index contributed by atoms with van der Waals surface area (Å²) in [4.78, 5) is 11.6. The third-order valence-corrected chi connectivity index (χ3v) is 6.08. The zero-order valence-corrected chi connectivity index (χ0v) is 13.8. The van der Waals surface area contributed by atoms with Gasteiger partial charge in [0, 0.05) is 19.2 Å². The lowest BCUT2D eigenvalue weighted by molar-refractivity contribution is 0.296. The molecule has 0 amide bonds. The molecule has 2 unspecified atom stereocenters. The first-order valence-corrected chi connectivity index (χ1v) is 9.22. The van der Waals surface area contributed by atoms with Crippen LogP contribution in [0.1, 0.15) is 25.7 Å². The van der Waals surface area contributed by atoms with Crippen LogP contribution in [0.4, 0.5) is 0 Å². The first kappa shape index (κ1) is 16.2.